The third-order valence-corrected chi connectivity index (χ3v) is 4.89. The van der Waals surface area contributed by atoms with Crippen molar-refractivity contribution >= 4 is 5.97 Å². The minimum absolute atomic E-state index is 0.0568. The Kier molecular flexibility index (Phi) is 3.42. The van der Waals surface area contributed by atoms with E-state index in [-0.39, 0.29) is 6.10 Å². The van der Waals surface area contributed by atoms with E-state index in [0.29, 0.717) is 0 Å². The molecular formula is C16H20O5. The molecule has 0 bridgehead atoms. The standard InChI is InChI=1S/C16H20O5/c1-9-11(19-3)4-6-16(2)12(9)13(17)15(18)21-14(16)10-5-7-20-8-10/h5,7-8,11,13-14,17H,4,6H2,1-3H3/t11-,13-,14-,16+/m0/s1. The minimum atomic E-state index is -1.21. The van der Waals surface area contributed by atoms with Gasteiger partial charge in [-0.2, -0.15) is 0 Å². The van der Waals surface area contributed by atoms with E-state index >= 15 is 0 Å². The van der Waals surface area contributed by atoms with Crippen LogP contribution in [0.3, 0.4) is 0 Å². The zero-order valence-corrected chi connectivity index (χ0v) is 12.5. The summed E-state index contributed by atoms with van der Waals surface area (Å²) in [5, 5.41) is 10.3. The van der Waals surface area contributed by atoms with Gasteiger partial charge in [-0.1, -0.05) is 6.92 Å². The van der Waals surface area contributed by atoms with Crippen LogP contribution in [0.1, 0.15) is 38.4 Å². The molecular weight excluding hydrogens is 272 g/mol. The highest BCUT2D eigenvalue weighted by atomic mass is 16.6. The van der Waals surface area contributed by atoms with Crippen molar-refractivity contribution in [1.29, 1.82) is 0 Å². The lowest BCUT2D eigenvalue weighted by Gasteiger charge is -2.48. The summed E-state index contributed by atoms with van der Waals surface area (Å²) in [6.07, 6.45) is 3.06. The molecule has 1 aromatic rings. The smallest absolute Gasteiger partial charge is 0.339 e. The largest absolute Gasteiger partial charge is 0.472 e. The molecule has 0 aromatic carbocycles. The van der Waals surface area contributed by atoms with Crippen LogP contribution in [0.2, 0.25) is 0 Å². The first-order valence-electron chi connectivity index (χ1n) is 7.13. The Bertz CT molecular complexity index is 573. The third kappa shape index (κ3) is 2.03. The van der Waals surface area contributed by atoms with E-state index in [2.05, 4.69) is 0 Å². The molecule has 0 unspecified atom stereocenters. The molecule has 4 atom stereocenters. The van der Waals surface area contributed by atoms with Gasteiger partial charge in [-0.3, -0.25) is 0 Å². The summed E-state index contributed by atoms with van der Waals surface area (Å²) in [6.45, 7) is 3.96. The third-order valence-electron chi connectivity index (χ3n) is 4.89. The fourth-order valence-electron chi connectivity index (χ4n) is 3.79. The Hall–Kier alpha value is -1.59. The lowest BCUT2D eigenvalue weighted by Crippen LogP contribution is -2.49. The number of aliphatic hydroxyl groups is 1. The van der Waals surface area contributed by atoms with Crippen LogP contribution in [0.5, 0.6) is 0 Å². The summed E-state index contributed by atoms with van der Waals surface area (Å²) < 4.78 is 16.1. The van der Waals surface area contributed by atoms with Gasteiger partial charge in [-0.05, 0) is 37.0 Å². The summed E-state index contributed by atoms with van der Waals surface area (Å²) in [4.78, 5) is 12.1. The zero-order chi connectivity index (χ0) is 15.2. The number of ether oxygens (including phenoxy) is 2. The molecule has 0 radical (unpaired) electrons. The summed E-state index contributed by atoms with van der Waals surface area (Å²) in [5.41, 5.74) is 2.06. The van der Waals surface area contributed by atoms with E-state index in [9.17, 15) is 9.90 Å². The Morgan fingerprint density at radius 2 is 2.24 bits per heavy atom. The van der Waals surface area contributed by atoms with Crippen molar-refractivity contribution in [3.63, 3.8) is 0 Å². The molecule has 0 amide bonds. The quantitative estimate of drug-likeness (QED) is 0.669. The number of hydrogen-bond donors (Lipinski definition) is 1. The number of esters is 1. The van der Waals surface area contributed by atoms with Gasteiger partial charge in [0.05, 0.1) is 18.6 Å². The Labute approximate surface area is 123 Å². The average Bonchev–Trinajstić information content (AvgIpc) is 2.97. The number of cyclic esters (lactones) is 1. The maximum atomic E-state index is 12.1. The monoisotopic (exact) mass is 292 g/mol. The Balaban J connectivity index is 2.12. The maximum Gasteiger partial charge on any atom is 0.339 e. The van der Waals surface area contributed by atoms with Crippen molar-refractivity contribution in [1.82, 2.24) is 0 Å². The maximum absolute atomic E-state index is 12.1. The van der Waals surface area contributed by atoms with Crippen LogP contribution < -0.4 is 0 Å². The van der Waals surface area contributed by atoms with Crippen molar-refractivity contribution in [3.05, 3.63) is 35.3 Å². The van der Waals surface area contributed by atoms with Crippen LogP contribution in [-0.2, 0) is 14.3 Å². The van der Waals surface area contributed by atoms with Crippen LogP contribution in [0.4, 0.5) is 0 Å². The molecule has 5 nitrogen and oxygen atoms in total. The van der Waals surface area contributed by atoms with Gasteiger partial charge in [0.15, 0.2) is 6.10 Å². The van der Waals surface area contributed by atoms with Crippen LogP contribution in [0, 0.1) is 5.41 Å². The number of carbonyl (C=O) groups excluding carboxylic acids is 1. The highest BCUT2D eigenvalue weighted by molar-refractivity contribution is 5.81. The lowest BCUT2D eigenvalue weighted by molar-refractivity contribution is -0.175. The van der Waals surface area contributed by atoms with Crippen molar-refractivity contribution in [3.8, 4) is 0 Å². The van der Waals surface area contributed by atoms with Gasteiger partial charge in [-0.25, -0.2) is 4.79 Å². The van der Waals surface area contributed by atoms with E-state index < -0.39 is 23.6 Å². The first kappa shape index (κ1) is 14.4. The molecule has 0 spiro atoms. The van der Waals surface area contributed by atoms with Gasteiger partial charge in [0.1, 0.15) is 6.10 Å². The van der Waals surface area contributed by atoms with Gasteiger partial charge in [0.25, 0.3) is 0 Å². The summed E-state index contributed by atoms with van der Waals surface area (Å²) in [5.74, 6) is -0.607. The molecule has 0 saturated carbocycles. The molecule has 2 aliphatic rings. The predicted molar refractivity (Wildman–Crippen MR) is 74.4 cm³/mol. The van der Waals surface area contributed by atoms with Gasteiger partial charge in [-0.15, -0.1) is 0 Å². The number of carbonyl (C=O) groups is 1. The second-order valence-corrected chi connectivity index (χ2v) is 6.05. The number of rotatable bonds is 2. The number of furan rings is 1. The molecule has 3 rings (SSSR count). The number of aliphatic hydroxyl groups excluding tert-OH is 1. The van der Waals surface area contributed by atoms with E-state index in [0.717, 1.165) is 29.6 Å². The summed E-state index contributed by atoms with van der Waals surface area (Å²) >= 11 is 0. The van der Waals surface area contributed by atoms with Crippen LogP contribution in [0.25, 0.3) is 0 Å². The SMILES string of the molecule is CO[C@H]1CC[C@]2(C)C(=C1C)[C@H](O)C(=O)O[C@H]2c1ccoc1. The molecule has 1 N–H and O–H groups in total. The topological polar surface area (TPSA) is 68.9 Å². The van der Waals surface area contributed by atoms with Crippen molar-refractivity contribution in [2.24, 2.45) is 5.41 Å². The molecule has 114 valence electrons. The number of hydrogen-bond acceptors (Lipinski definition) is 5. The molecule has 1 saturated heterocycles. The van der Waals surface area contributed by atoms with Crippen molar-refractivity contribution < 1.29 is 23.8 Å². The molecule has 1 aromatic heterocycles. The van der Waals surface area contributed by atoms with E-state index in [4.69, 9.17) is 13.9 Å². The van der Waals surface area contributed by atoms with Gasteiger partial charge in [0, 0.05) is 18.1 Å². The highest BCUT2D eigenvalue weighted by Gasteiger charge is 2.53. The van der Waals surface area contributed by atoms with E-state index in [1.807, 2.05) is 13.8 Å². The summed E-state index contributed by atoms with van der Waals surface area (Å²) in [6, 6.07) is 1.80. The fraction of sp³-hybridized carbons (Fsp3) is 0.562. The average molecular weight is 292 g/mol. The normalized spacial score (nSPS) is 36.4. The minimum Gasteiger partial charge on any atom is -0.472 e. The zero-order valence-electron chi connectivity index (χ0n) is 12.5. The van der Waals surface area contributed by atoms with Gasteiger partial charge >= 0.3 is 5.97 Å². The lowest BCUT2D eigenvalue weighted by atomic mass is 9.63. The van der Waals surface area contributed by atoms with Crippen LogP contribution in [-0.4, -0.2) is 30.4 Å². The van der Waals surface area contributed by atoms with E-state index in [1.165, 1.54) is 0 Å². The second kappa shape index (κ2) is 5.00. The molecule has 1 aliphatic heterocycles. The first-order valence-corrected chi connectivity index (χ1v) is 7.13. The summed E-state index contributed by atoms with van der Waals surface area (Å²) in [7, 11) is 1.65. The Morgan fingerprint density at radius 3 is 2.86 bits per heavy atom. The first-order chi connectivity index (χ1) is 9.99. The fourth-order valence-corrected chi connectivity index (χ4v) is 3.79. The number of fused-ring (bicyclic) bond motifs is 1. The molecule has 2 heterocycles. The van der Waals surface area contributed by atoms with Gasteiger partial charge < -0.3 is 19.0 Å². The Morgan fingerprint density at radius 1 is 1.48 bits per heavy atom. The molecule has 1 fully saturated rings. The van der Waals surface area contributed by atoms with E-state index in [1.54, 1.807) is 25.7 Å². The predicted octanol–water partition coefficient (Wildman–Crippen LogP) is 2.37. The highest BCUT2D eigenvalue weighted by Crippen LogP contribution is 2.55. The van der Waals surface area contributed by atoms with Crippen LogP contribution >= 0.6 is 0 Å². The van der Waals surface area contributed by atoms with Crippen molar-refractivity contribution in [2.45, 2.75) is 45.0 Å². The molecule has 5 heteroatoms. The van der Waals surface area contributed by atoms with Crippen molar-refractivity contribution in [2.75, 3.05) is 7.11 Å². The van der Waals surface area contributed by atoms with Crippen LogP contribution in [0.15, 0.2) is 34.2 Å². The molecule has 1 aliphatic carbocycles. The molecule has 21 heavy (non-hydrogen) atoms. The van der Waals surface area contributed by atoms with Gasteiger partial charge in [0.2, 0.25) is 0 Å². The number of methoxy groups -OCH3 is 1. The second-order valence-electron chi connectivity index (χ2n) is 6.05.